The van der Waals surface area contributed by atoms with E-state index < -0.39 is 0 Å². The van der Waals surface area contributed by atoms with E-state index in [-0.39, 0.29) is 0 Å². The van der Waals surface area contributed by atoms with Crippen LogP contribution in [0.15, 0.2) is 33.7 Å². The van der Waals surface area contributed by atoms with Gasteiger partial charge in [0.05, 0.1) is 22.2 Å². The van der Waals surface area contributed by atoms with Crippen molar-refractivity contribution >= 4 is 31.9 Å². The summed E-state index contributed by atoms with van der Waals surface area (Å²) in [5, 5.41) is 3.32. The molecule has 0 saturated heterocycles. The lowest BCUT2D eigenvalue weighted by Gasteiger charge is -2.12. The van der Waals surface area contributed by atoms with Gasteiger partial charge in [-0.1, -0.05) is 6.08 Å². The molecule has 0 heterocycles. The lowest BCUT2D eigenvalue weighted by Crippen LogP contribution is -2.18. The van der Waals surface area contributed by atoms with Gasteiger partial charge in [-0.25, -0.2) is 0 Å². The van der Waals surface area contributed by atoms with Gasteiger partial charge in [0.25, 0.3) is 0 Å². The standard InChI is InChI=1S/C15H21Br2NO2/c1-3-4-5-7-20-15-13(16)9-12(10-14(15)17)11-18-6-8-19-2/h3,9-10,18H,1,4-8,11H2,2H3. The molecule has 0 aromatic heterocycles. The second-order valence-corrected chi connectivity index (χ2v) is 6.05. The summed E-state index contributed by atoms with van der Waals surface area (Å²) >= 11 is 7.12. The Morgan fingerprint density at radius 3 is 2.55 bits per heavy atom. The van der Waals surface area contributed by atoms with Crippen LogP contribution in [0.5, 0.6) is 5.75 Å². The summed E-state index contributed by atoms with van der Waals surface area (Å²) in [5.74, 6) is 0.856. The van der Waals surface area contributed by atoms with Crippen LogP contribution in [0, 0.1) is 0 Å². The molecule has 0 bridgehead atoms. The van der Waals surface area contributed by atoms with Gasteiger partial charge in [0.15, 0.2) is 0 Å². The number of halogens is 2. The monoisotopic (exact) mass is 405 g/mol. The fourth-order valence-corrected chi connectivity index (χ4v) is 3.17. The van der Waals surface area contributed by atoms with Crippen LogP contribution in [0.25, 0.3) is 0 Å². The number of hydrogen-bond acceptors (Lipinski definition) is 3. The van der Waals surface area contributed by atoms with Gasteiger partial charge >= 0.3 is 0 Å². The van der Waals surface area contributed by atoms with E-state index in [1.807, 2.05) is 6.08 Å². The number of methoxy groups -OCH3 is 1. The van der Waals surface area contributed by atoms with E-state index in [1.54, 1.807) is 7.11 Å². The molecule has 0 aliphatic rings. The molecule has 1 rings (SSSR count). The Hall–Kier alpha value is -0.360. The van der Waals surface area contributed by atoms with Crippen molar-refractivity contribution in [1.82, 2.24) is 5.32 Å². The highest BCUT2D eigenvalue weighted by Gasteiger charge is 2.08. The van der Waals surface area contributed by atoms with E-state index in [2.05, 4.69) is 55.9 Å². The molecule has 0 unspecified atom stereocenters. The second kappa shape index (κ2) is 10.4. The number of ether oxygens (including phenoxy) is 2. The average Bonchev–Trinajstić information content (AvgIpc) is 2.42. The third-order valence-electron chi connectivity index (χ3n) is 2.67. The molecular weight excluding hydrogens is 386 g/mol. The summed E-state index contributed by atoms with van der Waals surface area (Å²) in [7, 11) is 1.70. The summed E-state index contributed by atoms with van der Waals surface area (Å²) in [4.78, 5) is 0. The number of benzene rings is 1. The molecule has 0 aliphatic carbocycles. The lowest BCUT2D eigenvalue weighted by molar-refractivity contribution is 0.199. The van der Waals surface area contributed by atoms with Crippen molar-refractivity contribution in [1.29, 1.82) is 0 Å². The van der Waals surface area contributed by atoms with Crippen molar-refractivity contribution in [3.63, 3.8) is 0 Å². The van der Waals surface area contributed by atoms with Gasteiger partial charge in [0.2, 0.25) is 0 Å². The van der Waals surface area contributed by atoms with Crippen molar-refractivity contribution in [3.8, 4) is 5.75 Å². The minimum atomic E-state index is 0.689. The summed E-state index contributed by atoms with van der Waals surface area (Å²) in [6, 6.07) is 4.15. The molecule has 112 valence electrons. The van der Waals surface area contributed by atoms with E-state index in [4.69, 9.17) is 9.47 Å². The maximum absolute atomic E-state index is 5.79. The number of unbranched alkanes of at least 4 members (excludes halogenated alkanes) is 1. The summed E-state index contributed by atoms with van der Waals surface area (Å²) in [6.07, 6.45) is 3.85. The van der Waals surface area contributed by atoms with Crippen molar-refractivity contribution < 1.29 is 9.47 Å². The lowest BCUT2D eigenvalue weighted by atomic mass is 10.2. The van der Waals surface area contributed by atoms with Crippen LogP contribution in [0.3, 0.4) is 0 Å². The Morgan fingerprint density at radius 1 is 1.25 bits per heavy atom. The summed E-state index contributed by atoms with van der Waals surface area (Å²) in [6.45, 7) is 6.75. The zero-order valence-corrected chi connectivity index (χ0v) is 14.9. The minimum Gasteiger partial charge on any atom is -0.491 e. The predicted octanol–water partition coefficient (Wildman–Crippen LogP) is 4.29. The average molecular weight is 407 g/mol. The summed E-state index contributed by atoms with van der Waals surface area (Å²) in [5.41, 5.74) is 1.19. The number of allylic oxidation sites excluding steroid dienone is 1. The van der Waals surface area contributed by atoms with Gasteiger partial charge in [-0.3, -0.25) is 0 Å². The fourth-order valence-electron chi connectivity index (χ4n) is 1.66. The zero-order chi connectivity index (χ0) is 14.8. The van der Waals surface area contributed by atoms with Gasteiger partial charge in [0, 0.05) is 20.2 Å². The van der Waals surface area contributed by atoms with Crippen LogP contribution >= 0.6 is 31.9 Å². The van der Waals surface area contributed by atoms with Gasteiger partial charge < -0.3 is 14.8 Å². The quantitative estimate of drug-likeness (QED) is 0.464. The molecule has 0 spiro atoms. The Morgan fingerprint density at radius 2 is 1.95 bits per heavy atom. The maximum atomic E-state index is 5.79. The van der Waals surface area contributed by atoms with Crippen LogP contribution in [0.1, 0.15) is 18.4 Å². The number of rotatable bonds is 10. The van der Waals surface area contributed by atoms with E-state index in [0.29, 0.717) is 13.2 Å². The highest BCUT2D eigenvalue weighted by Crippen LogP contribution is 2.34. The van der Waals surface area contributed by atoms with Gasteiger partial charge in [0.1, 0.15) is 5.75 Å². The third kappa shape index (κ3) is 6.39. The molecule has 20 heavy (non-hydrogen) atoms. The predicted molar refractivity (Wildman–Crippen MR) is 90.4 cm³/mol. The molecule has 3 nitrogen and oxygen atoms in total. The van der Waals surface area contributed by atoms with Crippen LogP contribution in [-0.2, 0) is 11.3 Å². The molecule has 0 aliphatic heterocycles. The molecular formula is C15H21Br2NO2. The molecule has 0 radical (unpaired) electrons. The molecule has 1 aromatic carbocycles. The zero-order valence-electron chi connectivity index (χ0n) is 11.8. The first-order chi connectivity index (χ1) is 9.69. The first-order valence-corrected chi connectivity index (χ1v) is 8.19. The van der Waals surface area contributed by atoms with Crippen molar-refractivity contribution in [2.75, 3.05) is 26.9 Å². The molecule has 1 aromatic rings. The number of nitrogens with one attached hydrogen (secondary N) is 1. The van der Waals surface area contributed by atoms with Crippen LogP contribution in [-0.4, -0.2) is 26.9 Å². The fraction of sp³-hybridized carbons (Fsp3) is 0.467. The van der Waals surface area contributed by atoms with E-state index >= 15 is 0 Å². The molecule has 1 N–H and O–H groups in total. The molecule has 0 amide bonds. The highest BCUT2D eigenvalue weighted by atomic mass is 79.9. The second-order valence-electron chi connectivity index (χ2n) is 4.34. The SMILES string of the molecule is C=CCCCOc1c(Br)cc(CNCCOC)cc1Br. The Labute approximate surface area is 138 Å². The van der Waals surface area contributed by atoms with Crippen molar-refractivity contribution in [2.24, 2.45) is 0 Å². The first kappa shape index (κ1) is 17.7. The van der Waals surface area contributed by atoms with Crippen molar-refractivity contribution in [2.45, 2.75) is 19.4 Å². The Balaban J connectivity index is 2.54. The first-order valence-electron chi connectivity index (χ1n) is 6.60. The molecule has 0 saturated carbocycles. The molecule has 5 heteroatoms. The van der Waals surface area contributed by atoms with Gasteiger partial charge in [-0.05, 0) is 62.4 Å². The largest absolute Gasteiger partial charge is 0.491 e. The Bertz CT molecular complexity index is 401. The third-order valence-corrected chi connectivity index (χ3v) is 3.85. The van der Waals surface area contributed by atoms with Crippen LogP contribution in [0.4, 0.5) is 0 Å². The topological polar surface area (TPSA) is 30.5 Å². The van der Waals surface area contributed by atoms with Crippen LogP contribution in [0.2, 0.25) is 0 Å². The van der Waals surface area contributed by atoms with E-state index in [1.165, 1.54) is 5.56 Å². The summed E-state index contributed by atoms with van der Waals surface area (Å²) < 4.78 is 12.7. The van der Waals surface area contributed by atoms with Crippen LogP contribution < -0.4 is 10.1 Å². The molecule has 0 fully saturated rings. The highest BCUT2D eigenvalue weighted by molar-refractivity contribution is 9.11. The van der Waals surface area contributed by atoms with Gasteiger partial charge in [-0.15, -0.1) is 6.58 Å². The maximum Gasteiger partial charge on any atom is 0.147 e. The number of hydrogen-bond donors (Lipinski definition) is 1. The van der Waals surface area contributed by atoms with Crippen molar-refractivity contribution in [3.05, 3.63) is 39.3 Å². The van der Waals surface area contributed by atoms with E-state index in [9.17, 15) is 0 Å². The smallest absolute Gasteiger partial charge is 0.147 e. The minimum absolute atomic E-state index is 0.689. The normalized spacial score (nSPS) is 10.6. The molecule has 0 atom stereocenters. The van der Waals surface area contributed by atoms with Gasteiger partial charge in [-0.2, -0.15) is 0 Å². The van der Waals surface area contributed by atoms with E-state index in [0.717, 1.165) is 40.6 Å². The Kier molecular flexibility index (Phi) is 9.18.